The molecule has 19 heavy (non-hydrogen) atoms. The molecule has 1 aromatic heterocycles. The molecule has 0 aliphatic heterocycles. The lowest BCUT2D eigenvalue weighted by Gasteiger charge is -2.10. The summed E-state index contributed by atoms with van der Waals surface area (Å²) in [5, 5.41) is 5.97. The summed E-state index contributed by atoms with van der Waals surface area (Å²) in [6.45, 7) is 2.87. The number of anilines is 1. The normalized spacial score (nSPS) is 10.8. The van der Waals surface area contributed by atoms with E-state index < -0.39 is 0 Å². The Balaban J connectivity index is 1.93. The number of hydrogen-bond donors (Lipinski definition) is 1. The topological polar surface area (TPSA) is 24.9 Å². The Morgan fingerprint density at radius 3 is 2.68 bits per heavy atom. The molecule has 3 aromatic rings. The summed E-state index contributed by atoms with van der Waals surface area (Å²) in [6.07, 6.45) is 0. The van der Waals surface area contributed by atoms with Crippen molar-refractivity contribution in [2.45, 2.75) is 13.5 Å². The fourth-order valence-electron chi connectivity index (χ4n) is 2.09. The number of nitrogens with zero attached hydrogens (tertiary/aromatic N) is 1. The smallest absolute Gasteiger partial charge is 0.0798 e. The highest BCUT2D eigenvalue weighted by Crippen LogP contribution is 2.30. The van der Waals surface area contributed by atoms with Crippen LogP contribution in [0.15, 0.2) is 46.4 Å². The van der Waals surface area contributed by atoms with Gasteiger partial charge in [-0.1, -0.05) is 40.2 Å². The van der Waals surface area contributed by atoms with E-state index in [2.05, 4.69) is 62.6 Å². The van der Waals surface area contributed by atoms with Crippen LogP contribution in [0.3, 0.4) is 0 Å². The molecule has 0 aliphatic carbocycles. The molecular weight excluding hydrogens is 320 g/mol. The molecule has 3 rings (SSSR count). The Morgan fingerprint density at radius 2 is 1.95 bits per heavy atom. The maximum Gasteiger partial charge on any atom is 0.0798 e. The lowest BCUT2D eigenvalue weighted by atomic mass is 10.1. The van der Waals surface area contributed by atoms with Gasteiger partial charge in [0.05, 0.1) is 17.7 Å². The summed E-state index contributed by atoms with van der Waals surface area (Å²) >= 11 is 5.29. The van der Waals surface area contributed by atoms with Gasteiger partial charge in [-0.3, -0.25) is 0 Å². The van der Waals surface area contributed by atoms with Crippen LogP contribution >= 0.6 is 27.3 Å². The van der Waals surface area contributed by atoms with Crippen molar-refractivity contribution in [3.05, 3.63) is 57.0 Å². The van der Waals surface area contributed by atoms with Crippen LogP contribution in [0, 0.1) is 6.92 Å². The molecule has 0 saturated carbocycles. The number of fused-ring (bicyclic) bond motifs is 1. The van der Waals surface area contributed by atoms with Gasteiger partial charge in [0.1, 0.15) is 0 Å². The SMILES string of the molecule is Cc1ncsc1CNc1ccc(Br)c2ccccc12. The second kappa shape index (κ2) is 5.31. The Morgan fingerprint density at radius 1 is 1.16 bits per heavy atom. The summed E-state index contributed by atoms with van der Waals surface area (Å²) < 4.78 is 1.13. The van der Waals surface area contributed by atoms with Gasteiger partial charge < -0.3 is 5.32 Å². The van der Waals surface area contributed by atoms with Gasteiger partial charge in [0.15, 0.2) is 0 Å². The largest absolute Gasteiger partial charge is 0.380 e. The molecule has 0 fully saturated rings. The minimum absolute atomic E-state index is 0.822. The molecule has 0 unspecified atom stereocenters. The highest BCUT2D eigenvalue weighted by molar-refractivity contribution is 9.10. The number of aryl methyl sites for hydroxylation is 1. The minimum Gasteiger partial charge on any atom is -0.380 e. The van der Waals surface area contributed by atoms with Gasteiger partial charge in [-0.2, -0.15) is 0 Å². The zero-order valence-electron chi connectivity index (χ0n) is 10.5. The lowest BCUT2D eigenvalue weighted by Crippen LogP contribution is -1.99. The van der Waals surface area contributed by atoms with Crippen LogP contribution in [0.25, 0.3) is 10.8 Å². The third-order valence-electron chi connectivity index (χ3n) is 3.16. The molecule has 0 saturated heterocycles. The van der Waals surface area contributed by atoms with E-state index in [1.54, 1.807) is 11.3 Å². The standard InChI is InChI=1S/C15H13BrN2S/c1-10-15(19-9-18-10)8-17-14-7-6-13(16)11-4-2-3-5-12(11)14/h2-7,9,17H,8H2,1H3. The molecule has 96 valence electrons. The molecule has 0 bridgehead atoms. The fourth-order valence-corrected chi connectivity index (χ4v) is 3.28. The van der Waals surface area contributed by atoms with Crippen molar-refractivity contribution in [3.63, 3.8) is 0 Å². The second-order valence-corrected chi connectivity index (χ2v) is 6.15. The predicted octanol–water partition coefficient (Wildman–Crippen LogP) is 4.98. The molecule has 0 atom stereocenters. The number of rotatable bonds is 3. The first-order valence-electron chi connectivity index (χ1n) is 6.06. The molecule has 0 radical (unpaired) electrons. The summed E-state index contributed by atoms with van der Waals surface area (Å²) in [6, 6.07) is 12.6. The highest BCUT2D eigenvalue weighted by atomic mass is 79.9. The van der Waals surface area contributed by atoms with E-state index in [0.717, 1.165) is 22.4 Å². The highest BCUT2D eigenvalue weighted by Gasteiger charge is 2.05. The summed E-state index contributed by atoms with van der Waals surface area (Å²) in [5.41, 5.74) is 4.16. The van der Waals surface area contributed by atoms with Crippen LogP contribution in [-0.2, 0) is 6.54 Å². The second-order valence-electron chi connectivity index (χ2n) is 4.36. The van der Waals surface area contributed by atoms with E-state index in [4.69, 9.17) is 0 Å². The molecule has 2 aromatic carbocycles. The molecule has 0 spiro atoms. The Bertz CT molecular complexity index is 721. The summed E-state index contributed by atoms with van der Waals surface area (Å²) in [5.74, 6) is 0. The fraction of sp³-hybridized carbons (Fsp3) is 0.133. The van der Waals surface area contributed by atoms with Crippen LogP contribution in [0.1, 0.15) is 10.6 Å². The van der Waals surface area contributed by atoms with Crippen molar-refractivity contribution in [1.29, 1.82) is 0 Å². The van der Waals surface area contributed by atoms with Crippen LogP contribution in [0.4, 0.5) is 5.69 Å². The van der Waals surface area contributed by atoms with Gasteiger partial charge in [0.25, 0.3) is 0 Å². The number of nitrogens with one attached hydrogen (secondary N) is 1. The van der Waals surface area contributed by atoms with E-state index in [9.17, 15) is 0 Å². The average molecular weight is 333 g/mol. The average Bonchev–Trinajstić information content (AvgIpc) is 2.84. The molecule has 2 nitrogen and oxygen atoms in total. The van der Waals surface area contributed by atoms with E-state index >= 15 is 0 Å². The Hall–Kier alpha value is -1.39. The molecule has 1 N–H and O–H groups in total. The van der Waals surface area contributed by atoms with E-state index in [1.807, 2.05) is 12.4 Å². The molecule has 1 heterocycles. The van der Waals surface area contributed by atoms with E-state index in [0.29, 0.717) is 0 Å². The maximum absolute atomic E-state index is 4.28. The Labute approximate surface area is 124 Å². The molecule has 4 heteroatoms. The number of halogens is 1. The maximum atomic E-state index is 4.28. The quantitative estimate of drug-likeness (QED) is 0.731. The zero-order valence-corrected chi connectivity index (χ0v) is 12.9. The van der Waals surface area contributed by atoms with Gasteiger partial charge in [-0.15, -0.1) is 11.3 Å². The molecule has 0 amide bonds. The monoisotopic (exact) mass is 332 g/mol. The minimum atomic E-state index is 0.822. The van der Waals surface area contributed by atoms with Crippen molar-refractivity contribution in [2.24, 2.45) is 0 Å². The number of aromatic nitrogens is 1. The lowest BCUT2D eigenvalue weighted by molar-refractivity contribution is 1.12. The van der Waals surface area contributed by atoms with Crippen molar-refractivity contribution in [3.8, 4) is 0 Å². The first kappa shape index (κ1) is 12.6. The summed E-state index contributed by atoms with van der Waals surface area (Å²) in [7, 11) is 0. The van der Waals surface area contributed by atoms with Crippen molar-refractivity contribution in [1.82, 2.24) is 4.98 Å². The van der Waals surface area contributed by atoms with Gasteiger partial charge in [-0.05, 0) is 24.4 Å². The third kappa shape index (κ3) is 2.51. The van der Waals surface area contributed by atoms with E-state index in [1.165, 1.54) is 15.6 Å². The van der Waals surface area contributed by atoms with Crippen molar-refractivity contribution < 1.29 is 0 Å². The first-order valence-corrected chi connectivity index (χ1v) is 7.73. The van der Waals surface area contributed by atoms with Gasteiger partial charge in [-0.25, -0.2) is 4.98 Å². The van der Waals surface area contributed by atoms with Gasteiger partial charge >= 0.3 is 0 Å². The number of thiazole rings is 1. The van der Waals surface area contributed by atoms with Crippen LogP contribution in [-0.4, -0.2) is 4.98 Å². The van der Waals surface area contributed by atoms with Crippen LogP contribution in [0.5, 0.6) is 0 Å². The van der Waals surface area contributed by atoms with E-state index in [-0.39, 0.29) is 0 Å². The third-order valence-corrected chi connectivity index (χ3v) is 4.78. The zero-order chi connectivity index (χ0) is 13.2. The Kier molecular flexibility index (Phi) is 3.53. The van der Waals surface area contributed by atoms with Gasteiger partial charge in [0.2, 0.25) is 0 Å². The van der Waals surface area contributed by atoms with Crippen LogP contribution < -0.4 is 5.32 Å². The molecular formula is C15H13BrN2S. The molecule has 0 aliphatic rings. The number of hydrogen-bond acceptors (Lipinski definition) is 3. The summed E-state index contributed by atoms with van der Waals surface area (Å²) in [4.78, 5) is 5.56. The van der Waals surface area contributed by atoms with Crippen molar-refractivity contribution >= 4 is 43.7 Å². The number of benzene rings is 2. The first-order chi connectivity index (χ1) is 9.25. The predicted molar refractivity (Wildman–Crippen MR) is 85.8 cm³/mol. The van der Waals surface area contributed by atoms with Crippen molar-refractivity contribution in [2.75, 3.05) is 5.32 Å². The van der Waals surface area contributed by atoms with Crippen LogP contribution in [0.2, 0.25) is 0 Å². The van der Waals surface area contributed by atoms with Gasteiger partial charge in [0, 0.05) is 20.4 Å².